The summed E-state index contributed by atoms with van der Waals surface area (Å²) in [6, 6.07) is 2.17. The largest absolute Gasteiger partial charge is 0.417 e. The lowest BCUT2D eigenvalue weighted by molar-refractivity contribution is -0.139. The zero-order valence-electron chi connectivity index (χ0n) is 11.1. The molecule has 0 heterocycles. The Kier molecular flexibility index (Phi) is 6.03. The molecule has 0 fully saturated rings. The molecule has 0 saturated carbocycles. The van der Waals surface area contributed by atoms with Crippen LogP contribution in [0.2, 0.25) is 5.02 Å². The first-order valence-electron chi connectivity index (χ1n) is 6.08. The molecule has 9 heteroatoms. The van der Waals surface area contributed by atoms with E-state index < -0.39 is 37.7 Å². The smallest absolute Gasteiger partial charge is 0.396 e. The van der Waals surface area contributed by atoms with E-state index in [0.717, 1.165) is 12.1 Å². The van der Waals surface area contributed by atoms with Gasteiger partial charge in [-0.05, 0) is 31.9 Å². The van der Waals surface area contributed by atoms with Gasteiger partial charge in [0.05, 0.1) is 10.6 Å². The zero-order chi connectivity index (χ0) is 16.3. The molecule has 0 aliphatic heterocycles. The molecule has 21 heavy (non-hydrogen) atoms. The summed E-state index contributed by atoms with van der Waals surface area (Å²) in [4.78, 5) is -0.977. The van der Waals surface area contributed by atoms with E-state index in [1.807, 2.05) is 0 Å². The Balaban J connectivity index is 3.20. The first-order valence-corrected chi connectivity index (χ1v) is 7.94. The van der Waals surface area contributed by atoms with Gasteiger partial charge in [0.15, 0.2) is 0 Å². The summed E-state index contributed by atoms with van der Waals surface area (Å²) < 4.78 is 65.2. The fraction of sp³-hybridized carbons (Fsp3) is 0.500. The third-order valence-electron chi connectivity index (χ3n) is 2.69. The highest BCUT2D eigenvalue weighted by molar-refractivity contribution is 7.89. The molecule has 0 radical (unpaired) electrons. The van der Waals surface area contributed by atoms with Crippen molar-refractivity contribution in [1.82, 2.24) is 4.72 Å². The lowest BCUT2D eigenvalue weighted by Gasteiger charge is -2.18. The van der Waals surface area contributed by atoms with Crippen LogP contribution in [-0.2, 0) is 16.2 Å². The quantitative estimate of drug-likeness (QED) is 0.833. The van der Waals surface area contributed by atoms with Gasteiger partial charge in [-0.1, -0.05) is 17.7 Å². The van der Waals surface area contributed by atoms with Gasteiger partial charge >= 0.3 is 6.18 Å². The molecule has 2 N–H and O–H groups in total. The number of alkyl halides is 3. The van der Waals surface area contributed by atoms with E-state index in [9.17, 15) is 21.6 Å². The molecule has 1 aromatic carbocycles. The van der Waals surface area contributed by atoms with E-state index in [-0.39, 0.29) is 6.61 Å². The van der Waals surface area contributed by atoms with Crippen LogP contribution in [0.1, 0.15) is 25.3 Å². The number of rotatable bonds is 6. The van der Waals surface area contributed by atoms with E-state index in [2.05, 4.69) is 4.72 Å². The van der Waals surface area contributed by atoms with Crippen molar-refractivity contribution in [3.63, 3.8) is 0 Å². The Morgan fingerprint density at radius 1 is 1.38 bits per heavy atom. The number of aliphatic hydroxyl groups excluding tert-OH is 1. The van der Waals surface area contributed by atoms with Crippen molar-refractivity contribution in [2.75, 3.05) is 6.61 Å². The highest BCUT2D eigenvalue weighted by Crippen LogP contribution is 2.37. The topological polar surface area (TPSA) is 66.4 Å². The first-order chi connectivity index (χ1) is 9.59. The van der Waals surface area contributed by atoms with Crippen LogP contribution in [0.3, 0.4) is 0 Å². The molecule has 1 unspecified atom stereocenters. The Morgan fingerprint density at radius 3 is 2.52 bits per heavy atom. The molecular formula is C12H15ClF3NO3S. The summed E-state index contributed by atoms with van der Waals surface area (Å²) in [6.45, 7) is 1.36. The summed E-state index contributed by atoms with van der Waals surface area (Å²) in [6.07, 6.45) is -4.21. The van der Waals surface area contributed by atoms with Crippen molar-refractivity contribution in [2.24, 2.45) is 0 Å². The van der Waals surface area contributed by atoms with E-state index in [1.54, 1.807) is 0 Å². The number of sulfonamides is 1. The predicted molar refractivity (Wildman–Crippen MR) is 72.6 cm³/mol. The fourth-order valence-electron chi connectivity index (χ4n) is 1.79. The molecule has 0 aromatic heterocycles. The summed E-state index contributed by atoms with van der Waals surface area (Å²) in [7, 11) is -4.42. The van der Waals surface area contributed by atoms with Crippen molar-refractivity contribution >= 4 is 21.6 Å². The predicted octanol–water partition coefficient (Wildman–Crippen LogP) is 2.80. The van der Waals surface area contributed by atoms with Crippen LogP contribution in [-0.4, -0.2) is 26.2 Å². The van der Waals surface area contributed by atoms with Gasteiger partial charge in [-0.3, -0.25) is 0 Å². The van der Waals surface area contributed by atoms with Crippen LogP contribution in [0.5, 0.6) is 0 Å². The average molecular weight is 346 g/mol. The molecule has 0 bridgehead atoms. The molecule has 0 aliphatic rings. The summed E-state index contributed by atoms with van der Waals surface area (Å²) in [5.74, 6) is 0. The minimum atomic E-state index is -4.83. The van der Waals surface area contributed by atoms with Crippen LogP contribution in [0, 0.1) is 0 Å². The second-order valence-electron chi connectivity index (χ2n) is 4.50. The molecule has 1 rings (SSSR count). The van der Waals surface area contributed by atoms with Crippen LogP contribution in [0.25, 0.3) is 0 Å². The van der Waals surface area contributed by atoms with E-state index in [4.69, 9.17) is 16.7 Å². The number of benzene rings is 1. The molecular weight excluding hydrogens is 331 g/mol. The number of halogens is 4. The second kappa shape index (κ2) is 6.95. The van der Waals surface area contributed by atoms with Gasteiger partial charge in [0.1, 0.15) is 4.90 Å². The van der Waals surface area contributed by atoms with Crippen LogP contribution in [0.15, 0.2) is 23.1 Å². The normalized spacial score (nSPS) is 14.2. The monoisotopic (exact) mass is 345 g/mol. The Bertz CT molecular complexity index is 590. The highest BCUT2D eigenvalue weighted by Gasteiger charge is 2.38. The molecule has 0 saturated heterocycles. The standard InChI is InChI=1S/C12H15ClF3NO3S/c1-8(4-3-7-18)17-21(19,20)11-9(12(14,15)16)5-2-6-10(11)13/h2,5-6,8,17-18H,3-4,7H2,1H3. The maximum atomic E-state index is 12.9. The van der Waals surface area contributed by atoms with Crippen LogP contribution < -0.4 is 4.72 Å². The van der Waals surface area contributed by atoms with Crippen molar-refractivity contribution in [2.45, 2.75) is 36.9 Å². The van der Waals surface area contributed by atoms with Gasteiger partial charge in [0.25, 0.3) is 0 Å². The Morgan fingerprint density at radius 2 is 2.00 bits per heavy atom. The number of hydrogen-bond acceptors (Lipinski definition) is 3. The van der Waals surface area contributed by atoms with Gasteiger partial charge in [-0.25, -0.2) is 13.1 Å². The van der Waals surface area contributed by atoms with Gasteiger partial charge < -0.3 is 5.11 Å². The lowest BCUT2D eigenvalue weighted by atomic mass is 10.2. The lowest BCUT2D eigenvalue weighted by Crippen LogP contribution is -2.34. The molecule has 120 valence electrons. The molecule has 0 spiro atoms. The second-order valence-corrected chi connectivity index (χ2v) is 6.56. The van der Waals surface area contributed by atoms with Crippen molar-refractivity contribution < 1.29 is 26.7 Å². The Hall–Kier alpha value is -0.830. The Labute approximate surface area is 126 Å². The third kappa shape index (κ3) is 4.84. The molecule has 0 aliphatic carbocycles. The SMILES string of the molecule is CC(CCCO)NS(=O)(=O)c1c(Cl)cccc1C(F)(F)F. The molecule has 4 nitrogen and oxygen atoms in total. The van der Waals surface area contributed by atoms with E-state index >= 15 is 0 Å². The molecule has 1 atom stereocenters. The minimum Gasteiger partial charge on any atom is -0.396 e. The summed E-state index contributed by atoms with van der Waals surface area (Å²) in [5, 5.41) is 8.18. The maximum Gasteiger partial charge on any atom is 0.417 e. The van der Waals surface area contributed by atoms with Gasteiger partial charge in [-0.2, -0.15) is 13.2 Å². The zero-order valence-corrected chi connectivity index (χ0v) is 12.7. The average Bonchev–Trinajstić information content (AvgIpc) is 2.34. The van der Waals surface area contributed by atoms with Crippen molar-refractivity contribution in [3.8, 4) is 0 Å². The highest BCUT2D eigenvalue weighted by atomic mass is 35.5. The van der Waals surface area contributed by atoms with E-state index in [1.165, 1.54) is 6.92 Å². The van der Waals surface area contributed by atoms with Gasteiger partial charge in [-0.15, -0.1) is 0 Å². The minimum absolute atomic E-state index is 0.133. The van der Waals surface area contributed by atoms with Crippen LogP contribution >= 0.6 is 11.6 Å². The molecule has 0 amide bonds. The molecule has 1 aromatic rings. The summed E-state index contributed by atoms with van der Waals surface area (Å²) in [5.41, 5.74) is -1.31. The maximum absolute atomic E-state index is 12.9. The third-order valence-corrected chi connectivity index (χ3v) is 4.81. The van der Waals surface area contributed by atoms with Crippen LogP contribution in [0.4, 0.5) is 13.2 Å². The first kappa shape index (κ1) is 18.2. The van der Waals surface area contributed by atoms with Crippen molar-refractivity contribution in [1.29, 1.82) is 0 Å². The van der Waals surface area contributed by atoms with E-state index in [0.29, 0.717) is 18.9 Å². The fourth-order valence-corrected chi connectivity index (χ4v) is 3.83. The number of nitrogens with one attached hydrogen (secondary N) is 1. The number of aliphatic hydroxyl groups is 1. The van der Waals surface area contributed by atoms with Gasteiger partial charge in [0, 0.05) is 12.6 Å². The van der Waals surface area contributed by atoms with Gasteiger partial charge in [0.2, 0.25) is 10.0 Å². The number of hydrogen-bond donors (Lipinski definition) is 2. The van der Waals surface area contributed by atoms with Crippen molar-refractivity contribution in [3.05, 3.63) is 28.8 Å². The summed E-state index contributed by atoms with van der Waals surface area (Å²) >= 11 is 5.65.